The summed E-state index contributed by atoms with van der Waals surface area (Å²) in [6, 6.07) is 10.2. The predicted molar refractivity (Wildman–Crippen MR) is 66.6 cm³/mol. The van der Waals surface area contributed by atoms with Gasteiger partial charge in [0.05, 0.1) is 0 Å². The van der Waals surface area contributed by atoms with E-state index in [0.717, 1.165) is 15.7 Å². The van der Waals surface area contributed by atoms with E-state index in [1.54, 1.807) is 11.3 Å². The molecule has 0 radical (unpaired) electrons. The lowest BCUT2D eigenvalue weighted by Crippen LogP contribution is -1.87. The number of nitrogens with two attached hydrogens (primary N) is 1. The molecule has 2 rings (SSSR count). The summed E-state index contributed by atoms with van der Waals surface area (Å²) in [5.41, 5.74) is 7.88. The van der Waals surface area contributed by atoms with Gasteiger partial charge in [-0.3, -0.25) is 0 Å². The fourth-order valence-electron chi connectivity index (χ4n) is 1.34. The number of hydrogen-bond donors (Lipinski definition) is 1. The van der Waals surface area contributed by atoms with Gasteiger partial charge >= 0.3 is 0 Å². The van der Waals surface area contributed by atoms with Crippen LogP contribution in [0.25, 0.3) is 10.4 Å². The van der Waals surface area contributed by atoms with Crippen molar-refractivity contribution >= 4 is 33.0 Å². The fourth-order valence-corrected chi connectivity index (χ4v) is 2.63. The molecule has 1 aromatic heterocycles. The third-order valence-electron chi connectivity index (χ3n) is 2.02. The van der Waals surface area contributed by atoms with Gasteiger partial charge in [-0.1, -0.05) is 22.0 Å². The van der Waals surface area contributed by atoms with Crippen molar-refractivity contribution in [2.75, 3.05) is 5.73 Å². The van der Waals surface area contributed by atoms with Crippen LogP contribution in [0.5, 0.6) is 0 Å². The molecule has 2 N–H and O–H groups in total. The number of halogens is 1. The molecule has 0 fully saturated rings. The van der Waals surface area contributed by atoms with Crippen LogP contribution in [0.15, 0.2) is 34.8 Å². The van der Waals surface area contributed by atoms with Crippen molar-refractivity contribution in [1.29, 1.82) is 0 Å². The number of nitrogen functional groups attached to an aromatic ring is 1. The van der Waals surface area contributed by atoms with Crippen molar-refractivity contribution in [1.82, 2.24) is 0 Å². The van der Waals surface area contributed by atoms with E-state index >= 15 is 0 Å². The minimum Gasteiger partial charge on any atom is -0.398 e. The molecule has 1 heterocycles. The van der Waals surface area contributed by atoms with Crippen LogP contribution in [-0.2, 0) is 0 Å². The molecule has 0 aliphatic rings. The van der Waals surface area contributed by atoms with Gasteiger partial charge in [0.1, 0.15) is 0 Å². The van der Waals surface area contributed by atoms with Crippen LogP contribution in [0.4, 0.5) is 5.69 Å². The molecule has 0 saturated carbocycles. The molecule has 0 saturated heterocycles. The van der Waals surface area contributed by atoms with Crippen molar-refractivity contribution < 1.29 is 0 Å². The third-order valence-corrected chi connectivity index (χ3v) is 3.55. The van der Waals surface area contributed by atoms with Gasteiger partial charge in [-0.15, -0.1) is 11.3 Å². The van der Waals surface area contributed by atoms with E-state index in [0.29, 0.717) is 0 Å². The van der Waals surface area contributed by atoms with Crippen molar-refractivity contribution in [3.8, 4) is 10.4 Å². The monoisotopic (exact) mass is 267 g/mol. The maximum absolute atomic E-state index is 5.94. The Morgan fingerprint density at radius 1 is 1.21 bits per heavy atom. The van der Waals surface area contributed by atoms with Gasteiger partial charge in [0.25, 0.3) is 0 Å². The van der Waals surface area contributed by atoms with Gasteiger partial charge in [0.15, 0.2) is 0 Å². The van der Waals surface area contributed by atoms with Gasteiger partial charge in [0.2, 0.25) is 0 Å². The SMILES string of the molecule is Cc1ccc(-c2ccc(Br)cc2N)s1. The zero-order valence-electron chi connectivity index (χ0n) is 7.75. The lowest BCUT2D eigenvalue weighted by molar-refractivity contribution is 1.62. The molecule has 1 aromatic carbocycles. The van der Waals surface area contributed by atoms with Crippen LogP contribution in [0, 0.1) is 6.92 Å². The molecule has 0 atom stereocenters. The number of hydrogen-bond acceptors (Lipinski definition) is 2. The van der Waals surface area contributed by atoms with Crippen LogP contribution in [-0.4, -0.2) is 0 Å². The Hall–Kier alpha value is -0.800. The van der Waals surface area contributed by atoms with E-state index in [4.69, 9.17) is 5.73 Å². The Labute approximate surface area is 95.7 Å². The minimum absolute atomic E-state index is 0.821. The van der Waals surface area contributed by atoms with Crippen molar-refractivity contribution in [2.45, 2.75) is 6.92 Å². The van der Waals surface area contributed by atoms with Gasteiger partial charge in [0, 0.05) is 25.5 Å². The van der Waals surface area contributed by atoms with E-state index in [2.05, 4.69) is 35.0 Å². The molecule has 0 aliphatic carbocycles. The third kappa shape index (κ3) is 1.83. The largest absolute Gasteiger partial charge is 0.398 e. The van der Waals surface area contributed by atoms with Crippen LogP contribution < -0.4 is 5.73 Å². The van der Waals surface area contributed by atoms with Gasteiger partial charge in [-0.25, -0.2) is 0 Å². The first kappa shape index (κ1) is 9.74. The highest BCUT2D eigenvalue weighted by molar-refractivity contribution is 9.10. The molecular formula is C11H10BrNS. The molecular weight excluding hydrogens is 258 g/mol. The van der Waals surface area contributed by atoms with Crippen LogP contribution in [0.2, 0.25) is 0 Å². The molecule has 0 aliphatic heterocycles. The lowest BCUT2D eigenvalue weighted by atomic mass is 10.1. The number of thiophene rings is 1. The number of benzene rings is 1. The zero-order chi connectivity index (χ0) is 10.1. The Morgan fingerprint density at radius 3 is 2.57 bits per heavy atom. The highest BCUT2D eigenvalue weighted by Crippen LogP contribution is 2.33. The summed E-state index contributed by atoms with van der Waals surface area (Å²) in [7, 11) is 0. The Morgan fingerprint density at radius 2 is 2.00 bits per heavy atom. The second kappa shape index (κ2) is 3.75. The maximum atomic E-state index is 5.94. The first-order valence-corrected chi connectivity index (χ1v) is 5.89. The van der Waals surface area contributed by atoms with Crippen molar-refractivity contribution in [3.63, 3.8) is 0 Å². The standard InChI is InChI=1S/C11H10BrNS/c1-7-2-5-11(14-7)9-4-3-8(12)6-10(9)13/h2-6H,13H2,1H3. The average molecular weight is 268 g/mol. The summed E-state index contributed by atoms with van der Waals surface area (Å²) in [6.45, 7) is 2.10. The maximum Gasteiger partial charge on any atom is 0.0413 e. The fraction of sp³-hybridized carbons (Fsp3) is 0.0909. The van der Waals surface area contributed by atoms with Crippen LogP contribution in [0.3, 0.4) is 0 Å². The molecule has 14 heavy (non-hydrogen) atoms. The Balaban J connectivity index is 2.52. The predicted octanol–water partition coefficient (Wildman–Crippen LogP) is 4.07. The quantitative estimate of drug-likeness (QED) is 0.775. The van der Waals surface area contributed by atoms with Crippen molar-refractivity contribution in [3.05, 3.63) is 39.7 Å². The Bertz CT molecular complexity index is 462. The average Bonchev–Trinajstić information content (AvgIpc) is 2.51. The van der Waals surface area contributed by atoms with E-state index < -0.39 is 0 Å². The smallest absolute Gasteiger partial charge is 0.0413 e. The normalized spacial score (nSPS) is 10.4. The van der Waals surface area contributed by atoms with Crippen LogP contribution in [0.1, 0.15) is 4.88 Å². The van der Waals surface area contributed by atoms with Crippen molar-refractivity contribution in [2.24, 2.45) is 0 Å². The number of anilines is 1. The minimum atomic E-state index is 0.821. The summed E-state index contributed by atoms with van der Waals surface area (Å²) in [5.74, 6) is 0. The lowest BCUT2D eigenvalue weighted by Gasteiger charge is -2.02. The first-order valence-electron chi connectivity index (χ1n) is 4.28. The highest BCUT2D eigenvalue weighted by Gasteiger charge is 2.04. The molecule has 72 valence electrons. The number of aryl methyl sites for hydroxylation is 1. The topological polar surface area (TPSA) is 26.0 Å². The van der Waals surface area contributed by atoms with Gasteiger partial charge in [-0.2, -0.15) is 0 Å². The second-order valence-electron chi connectivity index (χ2n) is 3.14. The molecule has 2 aromatic rings. The molecule has 1 nitrogen and oxygen atoms in total. The summed E-state index contributed by atoms with van der Waals surface area (Å²) in [6.07, 6.45) is 0. The van der Waals surface area contributed by atoms with Crippen LogP contribution >= 0.6 is 27.3 Å². The van der Waals surface area contributed by atoms with E-state index in [1.165, 1.54) is 9.75 Å². The first-order chi connectivity index (χ1) is 6.66. The highest BCUT2D eigenvalue weighted by atomic mass is 79.9. The van der Waals surface area contributed by atoms with E-state index in [-0.39, 0.29) is 0 Å². The molecule has 0 spiro atoms. The Kier molecular flexibility index (Phi) is 2.61. The molecule has 0 unspecified atom stereocenters. The van der Waals surface area contributed by atoms with E-state index in [9.17, 15) is 0 Å². The van der Waals surface area contributed by atoms with Gasteiger partial charge in [-0.05, 0) is 31.2 Å². The summed E-state index contributed by atoms with van der Waals surface area (Å²) in [5, 5.41) is 0. The molecule has 0 amide bonds. The number of rotatable bonds is 1. The zero-order valence-corrected chi connectivity index (χ0v) is 10.2. The molecule has 3 heteroatoms. The van der Waals surface area contributed by atoms with E-state index in [1.807, 2.05) is 18.2 Å². The second-order valence-corrected chi connectivity index (χ2v) is 5.35. The molecule has 0 bridgehead atoms. The summed E-state index contributed by atoms with van der Waals surface area (Å²) < 4.78 is 1.02. The summed E-state index contributed by atoms with van der Waals surface area (Å²) in [4.78, 5) is 2.54. The van der Waals surface area contributed by atoms with Gasteiger partial charge < -0.3 is 5.73 Å². The summed E-state index contributed by atoms with van der Waals surface area (Å²) >= 11 is 5.16.